The number of aromatic carboxylic acids is 1. The van der Waals surface area contributed by atoms with Crippen LogP contribution in [-0.2, 0) is 10.0 Å². The molecule has 0 aliphatic rings. The van der Waals surface area contributed by atoms with Crippen LogP contribution >= 0.6 is 0 Å². The molecule has 3 rings (SSSR count). The lowest BCUT2D eigenvalue weighted by Gasteiger charge is -2.12. The van der Waals surface area contributed by atoms with Crippen LogP contribution in [0, 0.1) is 19.7 Å². The van der Waals surface area contributed by atoms with Gasteiger partial charge in [-0.05, 0) is 43.7 Å². The van der Waals surface area contributed by atoms with Gasteiger partial charge in [-0.3, -0.25) is 9.82 Å². The first kappa shape index (κ1) is 18.5. The van der Waals surface area contributed by atoms with Crippen molar-refractivity contribution in [1.29, 1.82) is 0 Å². The van der Waals surface area contributed by atoms with E-state index in [2.05, 4.69) is 19.9 Å². The second-order valence-electron chi connectivity index (χ2n) is 5.83. The van der Waals surface area contributed by atoms with Crippen molar-refractivity contribution in [1.82, 2.24) is 15.2 Å². The Bertz CT molecular complexity index is 1140. The third-order valence-electron chi connectivity index (χ3n) is 3.82. The molecule has 140 valence electrons. The van der Waals surface area contributed by atoms with Crippen LogP contribution in [0.25, 0.3) is 11.4 Å². The van der Waals surface area contributed by atoms with Crippen LogP contribution in [0.15, 0.2) is 41.3 Å². The number of anilines is 1. The van der Waals surface area contributed by atoms with Gasteiger partial charge in [-0.15, -0.1) is 0 Å². The molecule has 0 fully saturated rings. The molecule has 1 heterocycles. The topological polar surface area (TPSA) is 125 Å². The number of sulfonamides is 1. The summed E-state index contributed by atoms with van der Waals surface area (Å²) < 4.78 is 41.4. The van der Waals surface area contributed by atoms with E-state index in [1.54, 1.807) is 32.0 Å². The molecule has 27 heavy (non-hydrogen) atoms. The number of nitrogens with zero attached hydrogens (tertiary/aromatic N) is 2. The number of aromatic amines is 1. The van der Waals surface area contributed by atoms with Crippen molar-refractivity contribution >= 4 is 21.7 Å². The molecule has 0 bridgehead atoms. The lowest BCUT2D eigenvalue weighted by molar-refractivity contribution is 0.0691. The van der Waals surface area contributed by atoms with Gasteiger partial charge in [-0.25, -0.2) is 22.6 Å². The summed E-state index contributed by atoms with van der Waals surface area (Å²) in [5.74, 6) is -1.59. The molecular weight excluding hydrogens is 375 g/mol. The fourth-order valence-corrected chi connectivity index (χ4v) is 3.52. The van der Waals surface area contributed by atoms with E-state index < -0.39 is 27.4 Å². The first-order chi connectivity index (χ1) is 12.7. The van der Waals surface area contributed by atoms with Crippen molar-refractivity contribution < 1.29 is 22.7 Å². The molecular formula is C17H15FN4O4S. The second kappa shape index (κ2) is 6.80. The number of nitrogens with one attached hydrogen (secondary N) is 2. The Morgan fingerprint density at radius 3 is 2.52 bits per heavy atom. The molecule has 2 aromatic carbocycles. The van der Waals surface area contributed by atoms with Crippen LogP contribution in [0.2, 0.25) is 0 Å². The maximum Gasteiger partial charge on any atom is 0.338 e. The Hall–Kier alpha value is -3.27. The van der Waals surface area contributed by atoms with Crippen LogP contribution in [0.5, 0.6) is 0 Å². The van der Waals surface area contributed by atoms with Crippen molar-refractivity contribution in [3.05, 3.63) is 59.2 Å². The average Bonchev–Trinajstić information content (AvgIpc) is 3.02. The van der Waals surface area contributed by atoms with Crippen molar-refractivity contribution in [2.24, 2.45) is 0 Å². The Kier molecular flexibility index (Phi) is 4.66. The largest absolute Gasteiger partial charge is 0.478 e. The fourth-order valence-electron chi connectivity index (χ4n) is 2.38. The van der Waals surface area contributed by atoms with E-state index in [1.807, 2.05) is 0 Å². The number of carbonyl (C=O) groups is 1. The number of hydrogen-bond donors (Lipinski definition) is 3. The molecule has 8 nitrogen and oxygen atoms in total. The molecule has 3 N–H and O–H groups in total. The van der Waals surface area contributed by atoms with Gasteiger partial charge in [0.05, 0.1) is 16.1 Å². The lowest BCUT2D eigenvalue weighted by atomic mass is 10.1. The molecule has 0 radical (unpaired) electrons. The van der Waals surface area contributed by atoms with Crippen molar-refractivity contribution in [3.8, 4) is 11.4 Å². The number of carboxylic acid groups (broad SMARTS) is 1. The normalized spacial score (nSPS) is 11.4. The third-order valence-corrected chi connectivity index (χ3v) is 5.18. The molecule has 0 unspecified atom stereocenters. The molecule has 0 atom stereocenters. The minimum atomic E-state index is -4.13. The summed E-state index contributed by atoms with van der Waals surface area (Å²) in [6, 6.07) is 7.63. The average molecular weight is 390 g/mol. The number of hydrogen-bond acceptors (Lipinski definition) is 5. The van der Waals surface area contributed by atoms with E-state index in [9.17, 15) is 17.6 Å². The predicted molar refractivity (Wildman–Crippen MR) is 95.5 cm³/mol. The zero-order valence-corrected chi connectivity index (χ0v) is 15.1. The second-order valence-corrected chi connectivity index (χ2v) is 7.51. The maximum atomic E-state index is 13.8. The van der Waals surface area contributed by atoms with Crippen LogP contribution in [-0.4, -0.2) is 34.7 Å². The number of carboxylic acids is 1. The number of benzene rings is 2. The molecule has 3 aromatic rings. The Balaban J connectivity index is 1.96. The molecule has 1 aromatic heterocycles. The highest BCUT2D eigenvalue weighted by molar-refractivity contribution is 7.92. The minimum absolute atomic E-state index is 0.276. The van der Waals surface area contributed by atoms with Crippen molar-refractivity contribution in [2.75, 3.05) is 4.72 Å². The minimum Gasteiger partial charge on any atom is -0.478 e. The van der Waals surface area contributed by atoms with E-state index in [0.717, 1.165) is 12.1 Å². The number of aryl methyl sites for hydroxylation is 2. The Morgan fingerprint density at radius 2 is 1.93 bits per heavy atom. The highest BCUT2D eigenvalue weighted by Gasteiger charge is 2.20. The van der Waals surface area contributed by atoms with Gasteiger partial charge in [-0.1, -0.05) is 12.1 Å². The summed E-state index contributed by atoms with van der Waals surface area (Å²) in [6.07, 6.45) is 0. The van der Waals surface area contributed by atoms with Gasteiger partial charge >= 0.3 is 5.97 Å². The van der Waals surface area contributed by atoms with Gasteiger partial charge < -0.3 is 5.11 Å². The molecule has 0 saturated heterocycles. The summed E-state index contributed by atoms with van der Waals surface area (Å²) in [7, 11) is -4.13. The van der Waals surface area contributed by atoms with Crippen LogP contribution < -0.4 is 4.72 Å². The standard InChI is InChI=1S/C17H15FN4O4S/c1-9-3-4-11(16-19-10(2)20-21-16)7-15(9)22-27(25,26)12-5-6-13(17(23)24)14(18)8-12/h3-8,22H,1-2H3,(H,23,24)(H,19,20,21). The van der Waals surface area contributed by atoms with Crippen LogP contribution in [0.1, 0.15) is 21.7 Å². The predicted octanol–water partition coefficient (Wildman–Crippen LogP) is 2.73. The van der Waals surface area contributed by atoms with Crippen LogP contribution in [0.3, 0.4) is 0 Å². The summed E-state index contributed by atoms with van der Waals surface area (Å²) in [5, 5.41) is 15.6. The SMILES string of the molecule is Cc1nc(-c2ccc(C)c(NS(=O)(=O)c3ccc(C(=O)O)c(F)c3)c2)n[nH]1. The molecule has 0 spiro atoms. The maximum absolute atomic E-state index is 13.8. The monoisotopic (exact) mass is 390 g/mol. The number of halogens is 1. The number of aromatic nitrogens is 3. The zero-order valence-electron chi connectivity index (χ0n) is 14.3. The van der Waals surface area contributed by atoms with Gasteiger partial charge in [-0.2, -0.15) is 5.10 Å². The molecule has 0 aliphatic carbocycles. The zero-order chi connectivity index (χ0) is 19.8. The summed E-state index contributed by atoms with van der Waals surface area (Å²) >= 11 is 0. The highest BCUT2D eigenvalue weighted by atomic mass is 32.2. The summed E-state index contributed by atoms with van der Waals surface area (Å²) in [6.45, 7) is 3.45. The van der Waals surface area contributed by atoms with Crippen LogP contribution in [0.4, 0.5) is 10.1 Å². The van der Waals surface area contributed by atoms with Gasteiger partial charge in [0.15, 0.2) is 5.82 Å². The van der Waals surface area contributed by atoms with Gasteiger partial charge in [0, 0.05) is 5.56 Å². The third kappa shape index (κ3) is 3.80. The Labute approximate surface area is 154 Å². The van der Waals surface area contributed by atoms with Gasteiger partial charge in [0.2, 0.25) is 0 Å². The van der Waals surface area contributed by atoms with E-state index in [0.29, 0.717) is 28.8 Å². The number of rotatable bonds is 5. The first-order valence-corrected chi connectivity index (χ1v) is 9.21. The summed E-state index contributed by atoms with van der Waals surface area (Å²) in [4.78, 5) is 14.7. The van der Waals surface area contributed by atoms with E-state index in [-0.39, 0.29) is 10.6 Å². The van der Waals surface area contributed by atoms with Gasteiger partial charge in [0.1, 0.15) is 11.6 Å². The smallest absolute Gasteiger partial charge is 0.338 e. The van der Waals surface area contributed by atoms with Crippen molar-refractivity contribution in [3.63, 3.8) is 0 Å². The molecule has 0 aliphatic heterocycles. The molecule has 0 saturated carbocycles. The highest BCUT2D eigenvalue weighted by Crippen LogP contribution is 2.26. The van der Waals surface area contributed by atoms with E-state index >= 15 is 0 Å². The Morgan fingerprint density at radius 1 is 1.19 bits per heavy atom. The molecule has 10 heteroatoms. The van der Waals surface area contributed by atoms with Gasteiger partial charge in [0.25, 0.3) is 10.0 Å². The van der Waals surface area contributed by atoms with E-state index in [1.165, 1.54) is 0 Å². The molecule has 0 amide bonds. The van der Waals surface area contributed by atoms with E-state index in [4.69, 9.17) is 5.11 Å². The lowest BCUT2D eigenvalue weighted by Crippen LogP contribution is -2.15. The quantitative estimate of drug-likeness (QED) is 0.615. The number of H-pyrrole nitrogens is 1. The fraction of sp³-hybridized carbons (Fsp3) is 0.118. The van der Waals surface area contributed by atoms with Crippen molar-refractivity contribution in [2.45, 2.75) is 18.7 Å². The summed E-state index contributed by atoms with van der Waals surface area (Å²) in [5.41, 5.74) is 0.900. The first-order valence-electron chi connectivity index (χ1n) is 7.73.